The molecule has 33 heavy (non-hydrogen) atoms. The number of nitrogens with one attached hydrogen (secondary N) is 1. The van der Waals surface area contributed by atoms with Gasteiger partial charge in [0.05, 0.1) is 13.0 Å². The number of hydrogen-bond donors (Lipinski definition) is 1. The van der Waals surface area contributed by atoms with Crippen LogP contribution in [-0.2, 0) is 4.79 Å². The quantitative estimate of drug-likeness (QED) is 0.573. The second-order valence-electron chi connectivity index (χ2n) is 7.84. The Balaban J connectivity index is 1.46. The number of methoxy groups -OCH3 is 1. The molecule has 6 nitrogen and oxygen atoms in total. The predicted octanol–water partition coefficient (Wildman–Crippen LogP) is 4.94. The van der Waals surface area contributed by atoms with Gasteiger partial charge in [0.25, 0.3) is 5.91 Å². The van der Waals surface area contributed by atoms with Crippen LogP contribution < -0.4 is 14.8 Å². The van der Waals surface area contributed by atoms with Gasteiger partial charge in [0.1, 0.15) is 11.5 Å². The topological polar surface area (TPSA) is 67.9 Å². The second-order valence-corrected chi connectivity index (χ2v) is 7.84. The number of anilines is 1. The van der Waals surface area contributed by atoms with Gasteiger partial charge in [-0.3, -0.25) is 9.59 Å². The zero-order valence-corrected chi connectivity index (χ0v) is 18.1. The van der Waals surface area contributed by atoms with Crippen molar-refractivity contribution in [2.24, 2.45) is 5.92 Å². The molecule has 3 aromatic rings. The van der Waals surface area contributed by atoms with Crippen molar-refractivity contribution < 1.29 is 27.8 Å². The summed E-state index contributed by atoms with van der Waals surface area (Å²) in [7, 11) is 1.59. The first kappa shape index (κ1) is 22.5. The lowest BCUT2D eigenvalue weighted by Crippen LogP contribution is -2.43. The Labute approximate surface area is 190 Å². The number of alkyl halides is 2. The van der Waals surface area contributed by atoms with Crippen LogP contribution in [0, 0.1) is 5.92 Å². The van der Waals surface area contributed by atoms with Gasteiger partial charge < -0.3 is 19.7 Å². The van der Waals surface area contributed by atoms with Gasteiger partial charge >= 0.3 is 6.61 Å². The Morgan fingerprint density at radius 3 is 2.45 bits per heavy atom. The van der Waals surface area contributed by atoms with E-state index in [0.717, 1.165) is 10.8 Å². The van der Waals surface area contributed by atoms with Gasteiger partial charge in [-0.1, -0.05) is 24.3 Å². The molecule has 1 fully saturated rings. The molecule has 1 aliphatic rings. The summed E-state index contributed by atoms with van der Waals surface area (Å²) < 4.78 is 34.3. The summed E-state index contributed by atoms with van der Waals surface area (Å²) in [5.74, 6) is 0.00541. The third kappa shape index (κ3) is 5.05. The lowest BCUT2D eigenvalue weighted by atomic mass is 9.95. The van der Waals surface area contributed by atoms with Gasteiger partial charge in [-0.2, -0.15) is 8.78 Å². The summed E-state index contributed by atoms with van der Waals surface area (Å²) >= 11 is 0. The lowest BCUT2D eigenvalue weighted by Gasteiger charge is -2.32. The van der Waals surface area contributed by atoms with Gasteiger partial charge in [0, 0.05) is 29.7 Å². The minimum absolute atomic E-state index is 0.0177. The molecule has 4 rings (SSSR count). The fourth-order valence-corrected chi connectivity index (χ4v) is 4.15. The number of carbonyl (C=O) groups excluding carboxylic acids is 2. The number of nitrogens with zero attached hydrogens (tertiary/aromatic N) is 1. The molecular weight excluding hydrogens is 430 g/mol. The molecule has 0 bridgehead atoms. The monoisotopic (exact) mass is 454 g/mol. The van der Waals surface area contributed by atoms with Crippen LogP contribution in [0.2, 0.25) is 0 Å². The van der Waals surface area contributed by atoms with Crippen LogP contribution in [0.25, 0.3) is 10.8 Å². The van der Waals surface area contributed by atoms with Crippen LogP contribution in [-0.4, -0.2) is 43.5 Å². The molecule has 1 atom stereocenters. The third-order valence-electron chi connectivity index (χ3n) is 5.76. The van der Waals surface area contributed by atoms with E-state index in [1.807, 2.05) is 24.3 Å². The third-order valence-corrected chi connectivity index (χ3v) is 5.76. The maximum Gasteiger partial charge on any atom is 0.387 e. The van der Waals surface area contributed by atoms with Gasteiger partial charge in [-0.15, -0.1) is 0 Å². The highest BCUT2D eigenvalue weighted by atomic mass is 19.3. The number of ether oxygens (including phenoxy) is 2. The van der Waals surface area contributed by atoms with Crippen LogP contribution in [0.3, 0.4) is 0 Å². The standard InChI is InChI=1S/C25H24F2N2O4/c1-32-22-13-12-21(19-6-2-3-7-20(19)22)24(31)29-14-4-5-16(15-29)23(30)28-17-8-10-18(11-9-17)33-25(26)27/h2-3,6-13,16,25H,4-5,14-15H2,1H3,(H,28,30). The van der Waals surface area contributed by atoms with Crippen molar-refractivity contribution in [3.8, 4) is 11.5 Å². The van der Waals surface area contributed by atoms with Crippen molar-refractivity contribution in [3.63, 3.8) is 0 Å². The number of fused-ring (bicyclic) bond motifs is 1. The molecule has 3 aromatic carbocycles. The first-order chi connectivity index (χ1) is 16.0. The van der Waals surface area contributed by atoms with E-state index in [9.17, 15) is 18.4 Å². The SMILES string of the molecule is COc1ccc(C(=O)N2CCCC(C(=O)Nc3ccc(OC(F)F)cc3)C2)c2ccccc12. The van der Waals surface area contributed by atoms with Crippen molar-refractivity contribution in [1.82, 2.24) is 4.90 Å². The maximum absolute atomic E-state index is 13.3. The Morgan fingerprint density at radius 1 is 1.03 bits per heavy atom. The average molecular weight is 454 g/mol. The first-order valence-electron chi connectivity index (χ1n) is 10.7. The van der Waals surface area contributed by atoms with Gasteiger partial charge in [0.15, 0.2) is 0 Å². The molecular formula is C25H24F2N2O4. The van der Waals surface area contributed by atoms with E-state index in [-0.39, 0.29) is 23.5 Å². The van der Waals surface area contributed by atoms with Gasteiger partial charge in [-0.25, -0.2) is 0 Å². The summed E-state index contributed by atoms with van der Waals surface area (Å²) in [4.78, 5) is 27.9. The smallest absolute Gasteiger partial charge is 0.387 e. The fraction of sp³-hybridized carbons (Fsp3) is 0.280. The van der Waals surface area contributed by atoms with E-state index in [1.165, 1.54) is 24.3 Å². The number of carbonyl (C=O) groups is 2. The summed E-state index contributed by atoms with van der Waals surface area (Å²) in [6.07, 6.45) is 1.37. The van der Waals surface area contributed by atoms with E-state index in [0.29, 0.717) is 42.9 Å². The number of halogens is 2. The Kier molecular flexibility index (Phi) is 6.72. The van der Waals surface area contributed by atoms with Crippen molar-refractivity contribution >= 4 is 28.3 Å². The number of hydrogen-bond acceptors (Lipinski definition) is 4. The highest BCUT2D eigenvalue weighted by molar-refractivity contribution is 6.08. The maximum atomic E-state index is 13.3. The molecule has 1 heterocycles. The predicted molar refractivity (Wildman–Crippen MR) is 121 cm³/mol. The summed E-state index contributed by atoms with van der Waals surface area (Å²) in [5, 5.41) is 4.46. The van der Waals surface area contributed by atoms with Crippen LogP contribution >= 0.6 is 0 Å². The average Bonchev–Trinajstić information content (AvgIpc) is 2.84. The lowest BCUT2D eigenvalue weighted by molar-refractivity contribution is -0.121. The van der Waals surface area contributed by atoms with E-state index in [1.54, 1.807) is 24.1 Å². The van der Waals surface area contributed by atoms with E-state index in [4.69, 9.17) is 4.74 Å². The molecule has 1 unspecified atom stereocenters. The van der Waals surface area contributed by atoms with E-state index >= 15 is 0 Å². The largest absolute Gasteiger partial charge is 0.496 e. The molecule has 0 aliphatic carbocycles. The second kappa shape index (κ2) is 9.85. The zero-order chi connectivity index (χ0) is 23.4. The molecule has 1 aliphatic heterocycles. The Hall–Kier alpha value is -3.68. The molecule has 2 amide bonds. The molecule has 0 spiro atoms. The number of piperidine rings is 1. The number of amides is 2. The van der Waals surface area contributed by atoms with E-state index in [2.05, 4.69) is 10.1 Å². The normalized spacial score (nSPS) is 16.0. The molecule has 0 radical (unpaired) electrons. The van der Waals surface area contributed by atoms with Crippen LogP contribution in [0.15, 0.2) is 60.7 Å². The van der Waals surface area contributed by atoms with Crippen molar-refractivity contribution in [3.05, 3.63) is 66.2 Å². The van der Waals surface area contributed by atoms with Crippen molar-refractivity contribution in [1.29, 1.82) is 0 Å². The van der Waals surface area contributed by atoms with Crippen LogP contribution in [0.4, 0.5) is 14.5 Å². The Bertz CT molecular complexity index is 1150. The van der Waals surface area contributed by atoms with Gasteiger partial charge in [-0.05, 0) is 54.6 Å². The number of likely N-dealkylation sites (tertiary alicyclic amines) is 1. The number of rotatable bonds is 6. The summed E-state index contributed by atoms with van der Waals surface area (Å²) in [6, 6.07) is 16.9. The minimum Gasteiger partial charge on any atom is -0.496 e. The van der Waals surface area contributed by atoms with Crippen LogP contribution in [0.5, 0.6) is 11.5 Å². The minimum atomic E-state index is -2.90. The number of benzene rings is 3. The zero-order valence-electron chi connectivity index (χ0n) is 18.1. The Morgan fingerprint density at radius 2 is 1.76 bits per heavy atom. The highest BCUT2D eigenvalue weighted by Gasteiger charge is 2.30. The van der Waals surface area contributed by atoms with Crippen molar-refractivity contribution in [2.45, 2.75) is 19.5 Å². The molecule has 172 valence electrons. The summed E-state index contributed by atoms with van der Waals surface area (Å²) in [6.45, 7) is -2.03. The van der Waals surface area contributed by atoms with Crippen LogP contribution in [0.1, 0.15) is 23.2 Å². The first-order valence-corrected chi connectivity index (χ1v) is 10.7. The van der Waals surface area contributed by atoms with Gasteiger partial charge in [0.2, 0.25) is 5.91 Å². The summed E-state index contributed by atoms with van der Waals surface area (Å²) in [5.41, 5.74) is 1.05. The molecule has 1 saturated heterocycles. The molecule has 8 heteroatoms. The van der Waals surface area contributed by atoms with Crippen molar-refractivity contribution in [2.75, 3.05) is 25.5 Å². The fourth-order valence-electron chi connectivity index (χ4n) is 4.15. The highest BCUT2D eigenvalue weighted by Crippen LogP contribution is 2.30. The molecule has 0 aromatic heterocycles. The van der Waals surface area contributed by atoms with E-state index < -0.39 is 6.61 Å². The molecule has 0 saturated carbocycles. The molecule has 1 N–H and O–H groups in total.